The molecule has 1 aromatic heterocycles. The molecule has 132 valence electrons. The lowest BCUT2D eigenvalue weighted by Gasteiger charge is -2.21. The highest BCUT2D eigenvalue weighted by Gasteiger charge is 2.35. The SMILES string of the molecule is O=C(N[C@@H]1CCN(CC2CCCC2)C1)N[C@H](c1nccs1)C1CC1. The molecular formula is C18H28N4OS. The minimum atomic E-state index is -0.0187. The van der Waals surface area contributed by atoms with E-state index in [2.05, 4.69) is 20.5 Å². The lowest BCUT2D eigenvalue weighted by Crippen LogP contribution is -2.45. The standard InChI is InChI=1S/C18H28N4OS/c23-18(21-16(14-5-6-14)17-19-8-10-24-17)20-15-7-9-22(12-15)11-13-3-1-2-4-13/h8,10,13-16H,1-7,9,11-12H2,(H2,20,21,23)/t15-,16+/m1/s1. The number of likely N-dealkylation sites (tertiary alicyclic amines) is 1. The van der Waals surface area contributed by atoms with E-state index >= 15 is 0 Å². The number of carbonyl (C=O) groups is 1. The van der Waals surface area contributed by atoms with E-state index in [0.717, 1.165) is 30.4 Å². The molecule has 0 radical (unpaired) electrons. The fraction of sp³-hybridized carbons (Fsp3) is 0.778. The molecule has 6 heteroatoms. The molecule has 2 aliphatic carbocycles. The van der Waals surface area contributed by atoms with Gasteiger partial charge in [-0.2, -0.15) is 0 Å². The molecule has 5 nitrogen and oxygen atoms in total. The highest BCUT2D eigenvalue weighted by molar-refractivity contribution is 7.09. The van der Waals surface area contributed by atoms with Gasteiger partial charge in [0, 0.05) is 37.3 Å². The van der Waals surface area contributed by atoms with Crippen molar-refractivity contribution < 1.29 is 4.79 Å². The van der Waals surface area contributed by atoms with Crippen molar-refractivity contribution in [1.82, 2.24) is 20.5 Å². The summed E-state index contributed by atoms with van der Waals surface area (Å²) in [6.45, 7) is 3.36. The molecule has 1 saturated heterocycles. The van der Waals surface area contributed by atoms with Crippen LogP contribution < -0.4 is 10.6 Å². The maximum atomic E-state index is 12.4. The molecule has 3 fully saturated rings. The number of nitrogens with zero attached hydrogens (tertiary/aromatic N) is 2. The first-order chi connectivity index (χ1) is 11.8. The Hall–Kier alpha value is -1.14. The Labute approximate surface area is 148 Å². The van der Waals surface area contributed by atoms with Gasteiger partial charge in [0.25, 0.3) is 0 Å². The van der Waals surface area contributed by atoms with Gasteiger partial charge in [0.15, 0.2) is 0 Å². The van der Waals surface area contributed by atoms with Gasteiger partial charge in [-0.3, -0.25) is 0 Å². The second-order valence-corrected chi connectivity index (χ2v) is 8.63. The number of urea groups is 1. The van der Waals surface area contributed by atoms with Gasteiger partial charge in [0.2, 0.25) is 0 Å². The first-order valence-corrected chi connectivity index (χ1v) is 10.3. The third-order valence-corrected chi connectivity index (χ3v) is 6.55. The number of thiazole rings is 1. The van der Waals surface area contributed by atoms with Gasteiger partial charge >= 0.3 is 6.03 Å². The van der Waals surface area contributed by atoms with Gasteiger partial charge in [0.1, 0.15) is 5.01 Å². The van der Waals surface area contributed by atoms with Crippen molar-refractivity contribution in [2.45, 2.75) is 57.0 Å². The minimum absolute atomic E-state index is 0.0187. The molecule has 0 bridgehead atoms. The summed E-state index contributed by atoms with van der Waals surface area (Å²) in [6, 6.07) is 0.373. The minimum Gasteiger partial charge on any atom is -0.334 e. The summed E-state index contributed by atoms with van der Waals surface area (Å²) in [7, 11) is 0. The maximum absolute atomic E-state index is 12.4. The van der Waals surface area contributed by atoms with Crippen LogP contribution in [-0.2, 0) is 0 Å². The summed E-state index contributed by atoms with van der Waals surface area (Å²) in [5.41, 5.74) is 0. The summed E-state index contributed by atoms with van der Waals surface area (Å²) in [6.07, 6.45) is 10.9. The summed E-state index contributed by atoms with van der Waals surface area (Å²) >= 11 is 1.64. The Morgan fingerprint density at radius 3 is 2.83 bits per heavy atom. The van der Waals surface area contributed by atoms with E-state index in [9.17, 15) is 4.79 Å². The van der Waals surface area contributed by atoms with E-state index in [0.29, 0.717) is 12.0 Å². The van der Waals surface area contributed by atoms with E-state index in [1.807, 2.05) is 11.6 Å². The van der Waals surface area contributed by atoms with E-state index in [4.69, 9.17) is 0 Å². The summed E-state index contributed by atoms with van der Waals surface area (Å²) in [5, 5.41) is 9.40. The van der Waals surface area contributed by atoms with Crippen LogP contribution in [0.2, 0.25) is 0 Å². The van der Waals surface area contributed by atoms with Gasteiger partial charge in [-0.15, -0.1) is 11.3 Å². The number of hydrogen-bond donors (Lipinski definition) is 2. The third-order valence-electron chi connectivity index (χ3n) is 5.70. The number of carbonyl (C=O) groups excluding carboxylic acids is 1. The monoisotopic (exact) mass is 348 g/mol. The molecule has 24 heavy (non-hydrogen) atoms. The molecule has 2 amide bonds. The zero-order valence-electron chi connectivity index (χ0n) is 14.2. The molecule has 2 atom stereocenters. The molecule has 4 rings (SSSR count). The van der Waals surface area contributed by atoms with E-state index in [-0.39, 0.29) is 12.1 Å². The molecule has 1 aliphatic heterocycles. The summed E-state index contributed by atoms with van der Waals surface area (Å²) in [5.74, 6) is 1.46. The molecule has 3 aliphatic rings. The smallest absolute Gasteiger partial charge is 0.315 e. The Morgan fingerprint density at radius 2 is 2.12 bits per heavy atom. The normalized spacial score (nSPS) is 26.6. The zero-order valence-corrected chi connectivity index (χ0v) is 15.1. The van der Waals surface area contributed by atoms with Crippen LogP contribution in [0.5, 0.6) is 0 Å². The van der Waals surface area contributed by atoms with Crippen LogP contribution in [0, 0.1) is 11.8 Å². The Bertz CT molecular complexity index is 539. The van der Waals surface area contributed by atoms with Gasteiger partial charge < -0.3 is 15.5 Å². The van der Waals surface area contributed by atoms with E-state index in [1.54, 1.807) is 11.3 Å². The highest BCUT2D eigenvalue weighted by atomic mass is 32.1. The van der Waals surface area contributed by atoms with Crippen molar-refractivity contribution in [3.05, 3.63) is 16.6 Å². The Balaban J connectivity index is 1.24. The zero-order chi connectivity index (χ0) is 16.4. The van der Waals surface area contributed by atoms with Crippen molar-refractivity contribution in [1.29, 1.82) is 0 Å². The van der Waals surface area contributed by atoms with Crippen molar-refractivity contribution in [3.63, 3.8) is 0 Å². The number of amides is 2. The predicted octanol–water partition coefficient (Wildman–Crippen LogP) is 3.16. The number of aromatic nitrogens is 1. The van der Waals surface area contributed by atoms with Gasteiger partial charge in [-0.1, -0.05) is 12.8 Å². The topological polar surface area (TPSA) is 57.3 Å². The number of nitrogens with one attached hydrogen (secondary N) is 2. The summed E-state index contributed by atoms with van der Waals surface area (Å²) < 4.78 is 0. The Kier molecular flexibility index (Phi) is 5.03. The van der Waals surface area contributed by atoms with Crippen LogP contribution in [0.25, 0.3) is 0 Å². The molecule has 2 N–H and O–H groups in total. The van der Waals surface area contributed by atoms with Crippen LogP contribution in [0.1, 0.15) is 56.0 Å². The molecule has 2 saturated carbocycles. The van der Waals surface area contributed by atoms with Gasteiger partial charge in [0.05, 0.1) is 6.04 Å². The van der Waals surface area contributed by atoms with Crippen LogP contribution >= 0.6 is 11.3 Å². The van der Waals surface area contributed by atoms with Crippen molar-refractivity contribution in [3.8, 4) is 0 Å². The number of rotatable bonds is 6. The molecule has 0 unspecified atom stereocenters. The quantitative estimate of drug-likeness (QED) is 0.830. The summed E-state index contributed by atoms with van der Waals surface area (Å²) in [4.78, 5) is 19.4. The maximum Gasteiger partial charge on any atom is 0.315 e. The first-order valence-electron chi connectivity index (χ1n) is 9.46. The molecule has 1 aromatic rings. The van der Waals surface area contributed by atoms with Gasteiger partial charge in [-0.05, 0) is 43.9 Å². The fourth-order valence-corrected chi connectivity index (χ4v) is 5.02. The van der Waals surface area contributed by atoms with Crippen LogP contribution in [0.4, 0.5) is 4.79 Å². The molecule has 0 aromatic carbocycles. The second-order valence-electron chi connectivity index (χ2n) is 7.70. The second kappa shape index (κ2) is 7.40. The van der Waals surface area contributed by atoms with Crippen molar-refractivity contribution in [2.75, 3.05) is 19.6 Å². The van der Waals surface area contributed by atoms with Gasteiger partial charge in [-0.25, -0.2) is 9.78 Å². The average Bonchev–Trinajstić information content (AvgIpc) is 3.00. The average molecular weight is 349 g/mol. The Morgan fingerprint density at radius 1 is 1.29 bits per heavy atom. The lowest BCUT2D eigenvalue weighted by atomic mass is 10.1. The predicted molar refractivity (Wildman–Crippen MR) is 96.0 cm³/mol. The number of hydrogen-bond acceptors (Lipinski definition) is 4. The molecular weight excluding hydrogens is 320 g/mol. The van der Waals surface area contributed by atoms with Crippen LogP contribution in [-0.4, -0.2) is 41.6 Å². The highest BCUT2D eigenvalue weighted by Crippen LogP contribution is 2.41. The van der Waals surface area contributed by atoms with Crippen LogP contribution in [0.15, 0.2) is 11.6 Å². The first kappa shape index (κ1) is 16.3. The van der Waals surface area contributed by atoms with Crippen LogP contribution in [0.3, 0.4) is 0 Å². The lowest BCUT2D eigenvalue weighted by molar-refractivity contribution is 0.229. The largest absolute Gasteiger partial charge is 0.334 e. The van der Waals surface area contributed by atoms with E-state index in [1.165, 1.54) is 45.1 Å². The third kappa shape index (κ3) is 4.09. The fourth-order valence-electron chi connectivity index (χ4n) is 4.24. The molecule has 2 heterocycles. The van der Waals surface area contributed by atoms with Crippen molar-refractivity contribution >= 4 is 17.4 Å². The molecule has 0 spiro atoms. The van der Waals surface area contributed by atoms with Crippen molar-refractivity contribution in [2.24, 2.45) is 11.8 Å². The van der Waals surface area contributed by atoms with E-state index < -0.39 is 0 Å².